The lowest BCUT2D eigenvalue weighted by Gasteiger charge is -2.36. The summed E-state index contributed by atoms with van der Waals surface area (Å²) in [5.74, 6) is 3.07. The van der Waals surface area contributed by atoms with Gasteiger partial charge in [0.15, 0.2) is 0 Å². The van der Waals surface area contributed by atoms with E-state index in [1.807, 2.05) is 37.8 Å². The summed E-state index contributed by atoms with van der Waals surface area (Å²) in [6, 6.07) is 4.28. The Bertz CT molecular complexity index is 759. The van der Waals surface area contributed by atoms with Gasteiger partial charge >= 0.3 is 0 Å². The molecule has 3 saturated heterocycles. The van der Waals surface area contributed by atoms with Gasteiger partial charge in [-0.05, 0) is 45.7 Å². The van der Waals surface area contributed by atoms with Crippen molar-refractivity contribution < 1.29 is 13.7 Å². The number of carbonyl (C=O) groups excluding carboxylic acids is 1. The van der Waals surface area contributed by atoms with Crippen LogP contribution in [0.2, 0.25) is 0 Å². The molecule has 25 heavy (non-hydrogen) atoms. The molecule has 2 aromatic rings. The van der Waals surface area contributed by atoms with Crippen LogP contribution in [0.1, 0.15) is 41.4 Å². The number of fused-ring (bicyclic) bond motifs is 4. The Morgan fingerprint density at radius 1 is 1.16 bits per heavy atom. The molecule has 2 bridgehead atoms. The molecule has 3 aliphatic heterocycles. The summed E-state index contributed by atoms with van der Waals surface area (Å²) < 4.78 is 11.0. The number of hydrogen-bond acceptors (Lipinski definition) is 5. The number of hydrogen-bond donors (Lipinski definition) is 0. The summed E-state index contributed by atoms with van der Waals surface area (Å²) in [5, 5.41) is 4.03. The van der Waals surface area contributed by atoms with Gasteiger partial charge in [-0.25, -0.2) is 0 Å². The summed E-state index contributed by atoms with van der Waals surface area (Å²) >= 11 is 0. The van der Waals surface area contributed by atoms with Crippen molar-refractivity contribution in [2.24, 2.45) is 5.92 Å². The molecular formula is C19H25N3O3. The summed E-state index contributed by atoms with van der Waals surface area (Å²) in [6.07, 6.45) is 2.04. The highest BCUT2D eigenvalue weighted by Crippen LogP contribution is 2.32. The maximum atomic E-state index is 13.0. The van der Waals surface area contributed by atoms with Gasteiger partial charge in [-0.3, -0.25) is 9.69 Å². The molecule has 3 fully saturated rings. The molecule has 6 heteroatoms. The zero-order valence-corrected chi connectivity index (χ0v) is 15.1. The third-order valence-electron chi connectivity index (χ3n) is 5.55. The predicted molar refractivity (Wildman–Crippen MR) is 91.8 cm³/mol. The highest BCUT2D eigenvalue weighted by molar-refractivity contribution is 5.80. The fourth-order valence-electron chi connectivity index (χ4n) is 4.16. The Balaban J connectivity index is 1.52. The Morgan fingerprint density at radius 3 is 2.68 bits per heavy atom. The van der Waals surface area contributed by atoms with Crippen LogP contribution in [0.5, 0.6) is 0 Å². The van der Waals surface area contributed by atoms with Crippen LogP contribution in [-0.2, 0) is 17.9 Å². The van der Waals surface area contributed by atoms with E-state index in [1.54, 1.807) is 0 Å². The maximum Gasteiger partial charge on any atom is 0.227 e. The van der Waals surface area contributed by atoms with Gasteiger partial charge < -0.3 is 13.8 Å². The topological polar surface area (TPSA) is 62.7 Å². The van der Waals surface area contributed by atoms with Crippen LogP contribution in [0.3, 0.4) is 0 Å². The molecule has 134 valence electrons. The molecule has 5 heterocycles. The van der Waals surface area contributed by atoms with Crippen molar-refractivity contribution >= 4 is 5.91 Å². The monoisotopic (exact) mass is 343 g/mol. The predicted octanol–water partition coefficient (Wildman–Crippen LogP) is 2.82. The van der Waals surface area contributed by atoms with Crippen molar-refractivity contribution in [3.63, 3.8) is 0 Å². The number of amides is 1. The number of rotatable bonds is 4. The standard InChI is InChI=1S/C19H25N3O3/c1-12-4-7-17(24-12)10-21-8-15-5-6-16(9-21)22(19(15)23)11-18-13(2)20-25-14(18)3/h4,7,15-16H,5-6,8-11H2,1-3H3/t15-,16+/m0/s1. The summed E-state index contributed by atoms with van der Waals surface area (Å²) in [4.78, 5) is 17.4. The van der Waals surface area contributed by atoms with Gasteiger partial charge in [0, 0.05) is 24.7 Å². The molecule has 5 rings (SSSR count). The number of nitrogens with zero attached hydrogens (tertiary/aromatic N) is 3. The third kappa shape index (κ3) is 3.11. The lowest BCUT2D eigenvalue weighted by molar-refractivity contribution is -0.140. The number of piperidine rings is 1. The van der Waals surface area contributed by atoms with Crippen LogP contribution in [-0.4, -0.2) is 40.0 Å². The second-order valence-corrected chi connectivity index (χ2v) is 7.40. The first-order valence-electron chi connectivity index (χ1n) is 9.01. The molecule has 0 unspecified atom stereocenters. The molecule has 0 radical (unpaired) electrons. The van der Waals surface area contributed by atoms with E-state index in [9.17, 15) is 4.79 Å². The summed E-state index contributed by atoms with van der Waals surface area (Å²) in [5.41, 5.74) is 1.93. The molecule has 1 amide bonds. The van der Waals surface area contributed by atoms with Crippen molar-refractivity contribution in [2.45, 2.75) is 52.7 Å². The van der Waals surface area contributed by atoms with Gasteiger partial charge in [0.05, 0.1) is 24.7 Å². The van der Waals surface area contributed by atoms with E-state index in [-0.39, 0.29) is 17.9 Å². The quantitative estimate of drug-likeness (QED) is 0.854. The lowest BCUT2D eigenvalue weighted by atomic mass is 9.93. The first kappa shape index (κ1) is 16.4. The smallest absolute Gasteiger partial charge is 0.227 e. The number of furan rings is 1. The van der Waals surface area contributed by atoms with Crippen molar-refractivity contribution in [3.8, 4) is 0 Å². The summed E-state index contributed by atoms with van der Waals surface area (Å²) in [7, 11) is 0. The Morgan fingerprint density at radius 2 is 2.00 bits per heavy atom. The zero-order chi connectivity index (χ0) is 17.6. The minimum Gasteiger partial charge on any atom is -0.465 e. The number of aryl methyl sites for hydroxylation is 3. The Kier molecular flexibility index (Phi) is 4.15. The molecule has 6 nitrogen and oxygen atoms in total. The second kappa shape index (κ2) is 6.33. The van der Waals surface area contributed by atoms with Crippen molar-refractivity contribution in [2.75, 3.05) is 13.1 Å². The Labute approximate surface area is 147 Å². The van der Waals surface area contributed by atoms with Crippen LogP contribution in [0.25, 0.3) is 0 Å². The average molecular weight is 343 g/mol. The molecule has 2 aromatic heterocycles. The normalized spacial score (nSPS) is 24.1. The van der Waals surface area contributed by atoms with E-state index in [0.717, 1.165) is 61.0 Å². The van der Waals surface area contributed by atoms with E-state index in [0.29, 0.717) is 6.54 Å². The lowest BCUT2D eigenvalue weighted by Crippen LogP contribution is -2.47. The van der Waals surface area contributed by atoms with Crippen LogP contribution in [0, 0.1) is 26.7 Å². The highest BCUT2D eigenvalue weighted by Gasteiger charge is 2.41. The molecule has 0 aliphatic carbocycles. The van der Waals surface area contributed by atoms with Gasteiger partial charge in [0.2, 0.25) is 5.91 Å². The van der Waals surface area contributed by atoms with Gasteiger partial charge in [0.1, 0.15) is 17.3 Å². The number of carbonyl (C=O) groups is 1. The van der Waals surface area contributed by atoms with Gasteiger partial charge in [-0.15, -0.1) is 0 Å². The largest absolute Gasteiger partial charge is 0.465 e. The van der Waals surface area contributed by atoms with Crippen LogP contribution >= 0.6 is 0 Å². The minimum atomic E-state index is 0.0790. The Hall–Kier alpha value is -2.08. The molecule has 2 atom stereocenters. The molecule has 3 aliphatic rings. The molecule has 0 spiro atoms. The van der Waals surface area contributed by atoms with Crippen molar-refractivity contribution in [1.29, 1.82) is 0 Å². The van der Waals surface area contributed by atoms with E-state index in [2.05, 4.69) is 10.1 Å². The van der Waals surface area contributed by atoms with Crippen LogP contribution in [0.15, 0.2) is 21.1 Å². The minimum absolute atomic E-state index is 0.0790. The second-order valence-electron chi connectivity index (χ2n) is 7.40. The van der Waals surface area contributed by atoms with Crippen LogP contribution in [0.4, 0.5) is 0 Å². The first-order valence-corrected chi connectivity index (χ1v) is 9.01. The van der Waals surface area contributed by atoms with E-state index < -0.39 is 0 Å². The molecule has 0 N–H and O–H groups in total. The molecule has 0 saturated carbocycles. The summed E-state index contributed by atoms with van der Waals surface area (Å²) in [6.45, 7) is 8.91. The third-order valence-corrected chi connectivity index (χ3v) is 5.55. The van der Waals surface area contributed by atoms with E-state index in [4.69, 9.17) is 8.94 Å². The van der Waals surface area contributed by atoms with Gasteiger partial charge in [-0.2, -0.15) is 0 Å². The van der Waals surface area contributed by atoms with Gasteiger partial charge in [-0.1, -0.05) is 5.16 Å². The van der Waals surface area contributed by atoms with Crippen LogP contribution < -0.4 is 0 Å². The first-order chi connectivity index (χ1) is 12.0. The van der Waals surface area contributed by atoms with Crippen molar-refractivity contribution in [1.82, 2.24) is 15.0 Å². The fraction of sp³-hybridized carbons (Fsp3) is 0.579. The SMILES string of the molecule is Cc1ccc(CN2C[C@@H]3CC[C@H](C2)N(Cc2c(C)noc2C)C3=O)o1. The van der Waals surface area contributed by atoms with Crippen molar-refractivity contribution in [3.05, 3.63) is 40.7 Å². The fourth-order valence-corrected chi connectivity index (χ4v) is 4.16. The average Bonchev–Trinajstić information content (AvgIpc) is 3.00. The molecular weight excluding hydrogens is 318 g/mol. The number of aromatic nitrogens is 1. The van der Waals surface area contributed by atoms with E-state index >= 15 is 0 Å². The van der Waals surface area contributed by atoms with E-state index in [1.165, 1.54) is 0 Å². The zero-order valence-electron chi connectivity index (χ0n) is 15.1. The molecule has 0 aromatic carbocycles. The van der Waals surface area contributed by atoms with Gasteiger partial charge in [0.25, 0.3) is 0 Å². The highest BCUT2D eigenvalue weighted by atomic mass is 16.5. The maximum absolute atomic E-state index is 13.0.